The second-order valence-electron chi connectivity index (χ2n) is 4.36. The maximum absolute atomic E-state index is 11.9. The van der Waals surface area contributed by atoms with Crippen molar-refractivity contribution in [3.8, 4) is 0 Å². The number of nitrogens with two attached hydrogens (primary N) is 1. The van der Waals surface area contributed by atoms with E-state index in [1.54, 1.807) is 0 Å². The summed E-state index contributed by atoms with van der Waals surface area (Å²) in [5.74, 6) is 0.124. The van der Waals surface area contributed by atoms with Crippen molar-refractivity contribution in [3.05, 3.63) is 18.2 Å². The van der Waals surface area contributed by atoms with E-state index in [1.807, 2.05) is 18.2 Å². The third-order valence-electron chi connectivity index (χ3n) is 3.28. The standard InChI is InChI=1S/C11H13N3O/c12-7-2-1-3-8-9(7)13-6-11(4-5-11)10(15)14-8/h1-3,13H,4-6,12H2,(H,14,15). The molecule has 1 fully saturated rings. The Morgan fingerprint density at radius 1 is 1.33 bits per heavy atom. The molecule has 0 saturated heterocycles. The third kappa shape index (κ3) is 1.17. The lowest BCUT2D eigenvalue weighted by atomic mass is 10.1. The molecular formula is C11H13N3O. The van der Waals surface area contributed by atoms with Gasteiger partial charge in [0.05, 0.1) is 22.5 Å². The van der Waals surface area contributed by atoms with Crippen LogP contribution in [0.25, 0.3) is 0 Å². The normalized spacial score (nSPS) is 21.2. The Kier molecular flexibility index (Phi) is 1.52. The van der Waals surface area contributed by atoms with Gasteiger partial charge in [-0.1, -0.05) is 6.07 Å². The number of carbonyl (C=O) groups excluding carboxylic acids is 1. The first-order valence-electron chi connectivity index (χ1n) is 5.15. The first kappa shape index (κ1) is 8.59. The molecule has 1 aromatic rings. The molecule has 0 aromatic heterocycles. The number of para-hydroxylation sites is 1. The van der Waals surface area contributed by atoms with Gasteiger partial charge in [-0.2, -0.15) is 0 Å². The van der Waals surface area contributed by atoms with Crippen molar-refractivity contribution < 1.29 is 4.79 Å². The Hall–Kier alpha value is -1.71. The second kappa shape index (κ2) is 2.66. The van der Waals surface area contributed by atoms with Gasteiger partial charge in [-0.3, -0.25) is 4.79 Å². The van der Waals surface area contributed by atoms with Crippen LogP contribution in [0.4, 0.5) is 17.1 Å². The summed E-state index contributed by atoms with van der Waals surface area (Å²) < 4.78 is 0. The maximum Gasteiger partial charge on any atom is 0.232 e. The van der Waals surface area contributed by atoms with Gasteiger partial charge in [0.2, 0.25) is 5.91 Å². The number of anilines is 3. The predicted octanol–water partition coefficient (Wildman–Crippen LogP) is 1.41. The molecule has 0 atom stereocenters. The number of amides is 1. The number of benzene rings is 1. The average molecular weight is 203 g/mol. The lowest BCUT2D eigenvalue weighted by Crippen LogP contribution is -2.27. The smallest absolute Gasteiger partial charge is 0.232 e. The second-order valence-corrected chi connectivity index (χ2v) is 4.36. The minimum absolute atomic E-state index is 0.124. The molecule has 4 heteroatoms. The van der Waals surface area contributed by atoms with Gasteiger partial charge in [-0.05, 0) is 25.0 Å². The zero-order valence-electron chi connectivity index (χ0n) is 8.34. The largest absolute Gasteiger partial charge is 0.397 e. The van der Waals surface area contributed by atoms with E-state index in [0.717, 1.165) is 24.2 Å². The quantitative estimate of drug-likeness (QED) is 0.558. The molecule has 1 spiro atoms. The summed E-state index contributed by atoms with van der Waals surface area (Å²) in [6.07, 6.45) is 1.94. The van der Waals surface area contributed by atoms with Crippen LogP contribution in [0.15, 0.2) is 18.2 Å². The van der Waals surface area contributed by atoms with Crippen molar-refractivity contribution in [2.75, 3.05) is 22.9 Å². The summed E-state index contributed by atoms with van der Waals surface area (Å²) in [7, 11) is 0. The van der Waals surface area contributed by atoms with E-state index in [1.165, 1.54) is 0 Å². The molecule has 1 aliphatic carbocycles. The first-order chi connectivity index (χ1) is 7.21. The molecule has 1 aromatic carbocycles. The summed E-state index contributed by atoms with van der Waals surface area (Å²) in [5.41, 5.74) is 8.01. The van der Waals surface area contributed by atoms with Gasteiger partial charge < -0.3 is 16.4 Å². The number of carbonyl (C=O) groups is 1. The number of fused-ring (bicyclic) bond motifs is 1. The number of nitrogens with one attached hydrogen (secondary N) is 2. The van der Waals surface area contributed by atoms with Crippen LogP contribution in [0, 0.1) is 5.41 Å². The molecule has 1 amide bonds. The van der Waals surface area contributed by atoms with Crippen molar-refractivity contribution >= 4 is 23.0 Å². The van der Waals surface area contributed by atoms with Crippen molar-refractivity contribution in [1.29, 1.82) is 0 Å². The Morgan fingerprint density at radius 2 is 2.13 bits per heavy atom. The summed E-state index contributed by atoms with van der Waals surface area (Å²) in [6.45, 7) is 0.694. The third-order valence-corrected chi connectivity index (χ3v) is 3.28. The highest BCUT2D eigenvalue weighted by atomic mass is 16.2. The Balaban J connectivity index is 2.04. The average Bonchev–Trinajstić information content (AvgIpc) is 2.98. The van der Waals surface area contributed by atoms with Crippen molar-refractivity contribution in [2.45, 2.75) is 12.8 Å². The van der Waals surface area contributed by atoms with Gasteiger partial charge >= 0.3 is 0 Å². The molecule has 2 aliphatic rings. The number of rotatable bonds is 0. The SMILES string of the molecule is Nc1cccc2c1NCC1(CC1)C(=O)N2. The fraction of sp³-hybridized carbons (Fsp3) is 0.364. The maximum atomic E-state index is 11.9. The minimum Gasteiger partial charge on any atom is -0.397 e. The van der Waals surface area contributed by atoms with Crippen LogP contribution in [-0.4, -0.2) is 12.5 Å². The van der Waals surface area contributed by atoms with E-state index in [4.69, 9.17) is 5.73 Å². The fourth-order valence-corrected chi connectivity index (χ4v) is 2.02. The van der Waals surface area contributed by atoms with Crippen LogP contribution >= 0.6 is 0 Å². The molecule has 4 nitrogen and oxygen atoms in total. The van der Waals surface area contributed by atoms with Crippen LogP contribution in [0.1, 0.15) is 12.8 Å². The lowest BCUT2D eigenvalue weighted by Gasteiger charge is -2.10. The van der Waals surface area contributed by atoms with Gasteiger partial charge in [-0.25, -0.2) is 0 Å². The lowest BCUT2D eigenvalue weighted by molar-refractivity contribution is -0.120. The topological polar surface area (TPSA) is 67.1 Å². The van der Waals surface area contributed by atoms with Gasteiger partial charge in [0, 0.05) is 6.54 Å². The van der Waals surface area contributed by atoms with Crippen LogP contribution in [0.3, 0.4) is 0 Å². The van der Waals surface area contributed by atoms with Crippen LogP contribution < -0.4 is 16.4 Å². The van der Waals surface area contributed by atoms with Gasteiger partial charge in [0.15, 0.2) is 0 Å². The summed E-state index contributed by atoms with van der Waals surface area (Å²) in [5, 5.41) is 6.20. The summed E-state index contributed by atoms with van der Waals surface area (Å²) >= 11 is 0. The summed E-state index contributed by atoms with van der Waals surface area (Å²) in [4.78, 5) is 11.9. The minimum atomic E-state index is -0.175. The molecule has 1 heterocycles. The number of hydrogen-bond donors (Lipinski definition) is 3. The van der Waals surface area contributed by atoms with Crippen molar-refractivity contribution in [2.24, 2.45) is 5.41 Å². The van der Waals surface area contributed by atoms with E-state index < -0.39 is 0 Å². The van der Waals surface area contributed by atoms with Gasteiger partial charge in [0.25, 0.3) is 0 Å². The number of nitrogen functional groups attached to an aromatic ring is 1. The van der Waals surface area contributed by atoms with Crippen LogP contribution in [0.2, 0.25) is 0 Å². The Bertz CT molecular complexity index is 437. The molecule has 0 radical (unpaired) electrons. The van der Waals surface area contributed by atoms with Crippen molar-refractivity contribution in [1.82, 2.24) is 0 Å². The molecule has 15 heavy (non-hydrogen) atoms. The molecule has 1 aliphatic heterocycles. The monoisotopic (exact) mass is 203 g/mol. The zero-order chi connectivity index (χ0) is 10.5. The highest BCUT2D eigenvalue weighted by molar-refractivity contribution is 6.03. The van der Waals surface area contributed by atoms with Gasteiger partial charge in [-0.15, -0.1) is 0 Å². The molecule has 0 bridgehead atoms. The van der Waals surface area contributed by atoms with E-state index in [9.17, 15) is 4.79 Å². The molecule has 4 N–H and O–H groups in total. The summed E-state index contributed by atoms with van der Waals surface area (Å²) in [6, 6.07) is 5.56. The number of hydrogen-bond acceptors (Lipinski definition) is 3. The molecule has 3 rings (SSSR count). The van der Waals surface area contributed by atoms with E-state index in [2.05, 4.69) is 10.6 Å². The molecule has 0 unspecified atom stereocenters. The van der Waals surface area contributed by atoms with E-state index in [0.29, 0.717) is 12.2 Å². The van der Waals surface area contributed by atoms with E-state index in [-0.39, 0.29) is 11.3 Å². The highest BCUT2D eigenvalue weighted by Crippen LogP contribution is 2.49. The predicted molar refractivity (Wildman–Crippen MR) is 59.6 cm³/mol. The zero-order valence-corrected chi connectivity index (χ0v) is 8.34. The Labute approximate surface area is 87.8 Å². The fourth-order valence-electron chi connectivity index (χ4n) is 2.02. The van der Waals surface area contributed by atoms with Crippen molar-refractivity contribution in [3.63, 3.8) is 0 Å². The van der Waals surface area contributed by atoms with Crippen LogP contribution in [-0.2, 0) is 4.79 Å². The Morgan fingerprint density at radius 3 is 2.87 bits per heavy atom. The van der Waals surface area contributed by atoms with Crippen LogP contribution in [0.5, 0.6) is 0 Å². The molecule has 78 valence electrons. The van der Waals surface area contributed by atoms with Gasteiger partial charge in [0.1, 0.15) is 0 Å². The molecule has 1 saturated carbocycles. The highest BCUT2D eigenvalue weighted by Gasteiger charge is 2.50. The van der Waals surface area contributed by atoms with E-state index >= 15 is 0 Å². The molecular weight excluding hydrogens is 190 g/mol. The first-order valence-corrected chi connectivity index (χ1v) is 5.15.